The maximum absolute atomic E-state index is 6.08. The average molecular weight is 243 g/mol. The minimum absolute atomic E-state index is 0.276. The third-order valence-electron chi connectivity index (χ3n) is 3.37. The Labute approximate surface area is 106 Å². The van der Waals surface area contributed by atoms with Gasteiger partial charge in [-0.15, -0.1) is 0 Å². The van der Waals surface area contributed by atoms with Gasteiger partial charge in [-0.25, -0.2) is 0 Å². The standard InChI is InChI=1S/C14H17N3O/c1-17-7-5-11(9-17)18-14-4-6-16-13-8-10(15)2-3-12(13)14/h2-4,6,8,11H,5,7,9,15H2,1H3. The fourth-order valence-corrected chi connectivity index (χ4v) is 2.41. The number of pyridine rings is 1. The van der Waals surface area contributed by atoms with Crippen molar-refractivity contribution >= 4 is 16.6 Å². The highest BCUT2D eigenvalue weighted by Gasteiger charge is 2.21. The molecule has 1 fully saturated rings. The molecule has 0 bridgehead atoms. The van der Waals surface area contributed by atoms with Gasteiger partial charge in [0.15, 0.2) is 0 Å². The Hall–Kier alpha value is -1.81. The number of hydrogen-bond donors (Lipinski definition) is 1. The van der Waals surface area contributed by atoms with Crippen LogP contribution in [0.15, 0.2) is 30.5 Å². The molecule has 1 aromatic carbocycles. The summed E-state index contributed by atoms with van der Waals surface area (Å²) >= 11 is 0. The van der Waals surface area contributed by atoms with E-state index in [1.54, 1.807) is 6.20 Å². The molecule has 1 atom stereocenters. The molecular weight excluding hydrogens is 226 g/mol. The van der Waals surface area contributed by atoms with E-state index >= 15 is 0 Å². The molecular formula is C14H17N3O. The second-order valence-corrected chi connectivity index (χ2v) is 4.88. The van der Waals surface area contributed by atoms with E-state index in [1.807, 2.05) is 24.3 Å². The SMILES string of the molecule is CN1CCC(Oc2ccnc3cc(N)ccc23)C1. The Balaban J connectivity index is 1.92. The van der Waals surface area contributed by atoms with Crippen LogP contribution in [0.5, 0.6) is 5.75 Å². The van der Waals surface area contributed by atoms with E-state index in [2.05, 4.69) is 16.9 Å². The van der Waals surface area contributed by atoms with Crippen LogP contribution in [-0.4, -0.2) is 36.1 Å². The number of likely N-dealkylation sites (N-methyl/N-ethyl adjacent to an activating group) is 1. The molecule has 0 spiro atoms. The molecule has 2 heterocycles. The van der Waals surface area contributed by atoms with Gasteiger partial charge in [-0.2, -0.15) is 0 Å². The van der Waals surface area contributed by atoms with Crippen LogP contribution >= 0.6 is 0 Å². The summed E-state index contributed by atoms with van der Waals surface area (Å²) in [6, 6.07) is 7.67. The highest BCUT2D eigenvalue weighted by Crippen LogP contribution is 2.27. The van der Waals surface area contributed by atoms with Crippen molar-refractivity contribution in [2.45, 2.75) is 12.5 Å². The quantitative estimate of drug-likeness (QED) is 0.818. The summed E-state index contributed by atoms with van der Waals surface area (Å²) < 4.78 is 6.08. The largest absolute Gasteiger partial charge is 0.488 e. The lowest BCUT2D eigenvalue weighted by molar-refractivity contribution is 0.210. The van der Waals surface area contributed by atoms with Gasteiger partial charge in [0, 0.05) is 30.4 Å². The summed E-state index contributed by atoms with van der Waals surface area (Å²) in [4.78, 5) is 6.61. The van der Waals surface area contributed by atoms with Crippen molar-refractivity contribution in [1.29, 1.82) is 0 Å². The first-order valence-corrected chi connectivity index (χ1v) is 6.22. The lowest BCUT2D eigenvalue weighted by Gasteiger charge is -2.15. The molecule has 1 aliphatic heterocycles. The minimum Gasteiger partial charge on any atom is -0.488 e. The zero-order valence-electron chi connectivity index (χ0n) is 10.5. The van der Waals surface area contributed by atoms with Crippen LogP contribution in [0, 0.1) is 0 Å². The van der Waals surface area contributed by atoms with Crippen molar-refractivity contribution in [3.63, 3.8) is 0 Å². The second-order valence-electron chi connectivity index (χ2n) is 4.88. The summed E-state index contributed by atoms with van der Waals surface area (Å²) in [6.45, 7) is 2.08. The van der Waals surface area contributed by atoms with E-state index in [4.69, 9.17) is 10.5 Å². The summed E-state index contributed by atoms with van der Waals surface area (Å²) in [7, 11) is 2.12. The number of aromatic nitrogens is 1. The van der Waals surface area contributed by atoms with Crippen LogP contribution in [0.4, 0.5) is 5.69 Å². The number of ether oxygens (including phenoxy) is 1. The average Bonchev–Trinajstić information content (AvgIpc) is 2.75. The molecule has 0 radical (unpaired) electrons. The fourth-order valence-electron chi connectivity index (χ4n) is 2.41. The lowest BCUT2D eigenvalue weighted by Crippen LogP contribution is -2.21. The Morgan fingerprint density at radius 3 is 3.06 bits per heavy atom. The van der Waals surface area contributed by atoms with Crippen LogP contribution in [0.2, 0.25) is 0 Å². The van der Waals surface area contributed by atoms with Crippen LogP contribution in [0.25, 0.3) is 10.9 Å². The van der Waals surface area contributed by atoms with E-state index in [-0.39, 0.29) is 6.10 Å². The van der Waals surface area contributed by atoms with Crippen molar-refractivity contribution in [1.82, 2.24) is 9.88 Å². The van der Waals surface area contributed by atoms with Gasteiger partial charge < -0.3 is 15.4 Å². The number of likely N-dealkylation sites (tertiary alicyclic amines) is 1. The molecule has 3 rings (SSSR count). The first kappa shape index (κ1) is 11.3. The molecule has 1 aromatic heterocycles. The van der Waals surface area contributed by atoms with E-state index in [0.29, 0.717) is 0 Å². The predicted octanol–water partition coefficient (Wildman–Crippen LogP) is 1.90. The summed E-state index contributed by atoms with van der Waals surface area (Å²) in [6.07, 6.45) is 3.13. The van der Waals surface area contributed by atoms with Gasteiger partial charge in [-0.3, -0.25) is 4.98 Å². The molecule has 18 heavy (non-hydrogen) atoms. The molecule has 4 nitrogen and oxygen atoms in total. The van der Waals surface area contributed by atoms with E-state index in [0.717, 1.165) is 41.9 Å². The number of rotatable bonds is 2. The first-order chi connectivity index (χ1) is 8.72. The number of benzene rings is 1. The number of fused-ring (bicyclic) bond motifs is 1. The maximum Gasteiger partial charge on any atom is 0.130 e. The number of hydrogen-bond acceptors (Lipinski definition) is 4. The summed E-state index contributed by atoms with van der Waals surface area (Å²) in [5.41, 5.74) is 7.39. The number of nitrogen functional groups attached to an aromatic ring is 1. The Morgan fingerprint density at radius 1 is 1.39 bits per heavy atom. The first-order valence-electron chi connectivity index (χ1n) is 6.22. The van der Waals surface area contributed by atoms with Crippen molar-refractivity contribution in [2.75, 3.05) is 25.9 Å². The number of nitrogens with two attached hydrogens (primary N) is 1. The van der Waals surface area contributed by atoms with Crippen molar-refractivity contribution in [3.05, 3.63) is 30.5 Å². The minimum atomic E-state index is 0.276. The molecule has 0 aliphatic carbocycles. The van der Waals surface area contributed by atoms with Gasteiger partial charge in [-0.05, 0) is 37.7 Å². The molecule has 1 aliphatic rings. The van der Waals surface area contributed by atoms with Gasteiger partial charge in [0.25, 0.3) is 0 Å². The normalized spacial score (nSPS) is 20.4. The maximum atomic E-state index is 6.08. The number of anilines is 1. The smallest absolute Gasteiger partial charge is 0.130 e. The fraction of sp³-hybridized carbons (Fsp3) is 0.357. The summed E-state index contributed by atoms with van der Waals surface area (Å²) in [5.74, 6) is 0.903. The van der Waals surface area contributed by atoms with Crippen molar-refractivity contribution < 1.29 is 4.74 Å². The second kappa shape index (κ2) is 4.46. The molecule has 0 saturated carbocycles. The van der Waals surface area contributed by atoms with Crippen molar-refractivity contribution in [2.24, 2.45) is 0 Å². The Kier molecular flexibility index (Phi) is 2.80. The predicted molar refractivity (Wildman–Crippen MR) is 72.7 cm³/mol. The zero-order chi connectivity index (χ0) is 12.5. The molecule has 2 N–H and O–H groups in total. The molecule has 94 valence electrons. The van der Waals surface area contributed by atoms with Gasteiger partial charge in [-0.1, -0.05) is 0 Å². The molecule has 1 saturated heterocycles. The zero-order valence-corrected chi connectivity index (χ0v) is 10.5. The lowest BCUT2D eigenvalue weighted by atomic mass is 10.2. The Bertz CT molecular complexity index is 570. The Morgan fingerprint density at radius 2 is 2.28 bits per heavy atom. The molecule has 1 unspecified atom stereocenters. The molecule has 4 heteroatoms. The van der Waals surface area contributed by atoms with Crippen LogP contribution in [0.1, 0.15) is 6.42 Å². The topological polar surface area (TPSA) is 51.4 Å². The van der Waals surface area contributed by atoms with Gasteiger partial charge >= 0.3 is 0 Å². The van der Waals surface area contributed by atoms with Crippen molar-refractivity contribution in [3.8, 4) is 5.75 Å². The van der Waals surface area contributed by atoms with Gasteiger partial charge in [0.05, 0.1) is 5.52 Å². The van der Waals surface area contributed by atoms with Gasteiger partial charge in [0.2, 0.25) is 0 Å². The summed E-state index contributed by atoms with van der Waals surface area (Å²) in [5, 5.41) is 1.03. The molecule has 0 amide bonds. The number of nitrogens with zero attached hydrogens (tertiary/aromatic N) is 2. The third kappa shape index (κ3) is 2.11. The van der Waals surface area contributed by atoms with E-state index in [9.17, 15) is 0 Å². The van der Waals surface area contributed by atoms with Crippen LogP contribution in [0.3, 0.4) is 0 Å². The highest BCUT2D eigenvalue weighted by atomic mass is 16.5. The van der Waals surface area contributed by atoms with E-state index < -0.39 is 0 Å². The van der Waals surface area contributed by atoms with E-state index in [1.165, 1.54) is 0 Å². The third-order valence-corrected chi connectivity index (χ3v) is 3.37. The van der Waals surface area contributed by atoms with Gasteiger partial charge in [0.1, 0.15) is 11.9 Å². The van der Waals surface area contributed by atoms with Crippen LogP contribution in [-0.2, 0) is 0 Å². The molecule has 2 aromatic rings. The monoisotopic (exact) mass is 243 g/mol. The highest BCUT2D eigenvalue weighted by molar-refractivity contribution is 5.87. The van der Waals surface area contributed by atoms with Crippen LogP contribution < -0.4 is 10.5 Å².